The highest BCUT2D eigenvalue weighted by molar-refractivity contribution is 7.11. The van der Waals surface area contributed by atoms with Gasteiger partial charge in [0, 0.05) is 11.3 Å². The third-order valence-corrected chi connectivity index (χ3v) is 3.65. The molecule has 0 saturated heterocycles. The number of aromatic nitrogens is 1. The summed E-state index contributed by atoms with van der Waals surface area (Å²) in [6, 6.07) is 0. The van der Waals surface area contributed by atoms with Gasteiger partial charge in [-0.2, -0.15) is 0 Å². The van der Waals surface area contributed by atoms with E-state index >= 15 is 0 Å². The Kier molecular flexibility index (Phi) is 2.68. The van der Waals surface area contributed by atoms with Gasteiger partial charge in [-0.1, -0.05) is 13.8 Å². The van der Waals surface area contributed by atoms with Crippen molar-refractivity contribution in [3.05, 3.63) is 15.6 Å². The minimum atomic E-state index is 0.743. The first-order valence-electron chi connectivity index (χ1n) is 5.23. The van der Waals surface area contributed by atoms with Crippen molar-refractivity contribution in [1.29, 1.82) is 0 Å². The highest BCUT2D eigenvalue weighted by Crippen LogP contribution is 2.27. The van der Waals surface area contributed by atoms with E-state index in [1.165, 1.54) is 36.4 Å². The van der Waals surface area contributed by atoms with Crippen LogP contribution in [0.15, 0.2) is 0 Å². The highest BCUT2D eigenvalue weighted by Gasteiger charge is 2.15. The fourth-order valence-corrected chi connectivity index (χ4v) is 3.21. The number of hydrogen-bond donors (Lipinski definition) is 0. The molecule has 1 heterocycles. The lowest BCUT2D eigenvalue weighted by Gasteiger charge is -2.06. The van der Waals surface area contributed by atoms with E-state index in [0.29, 0.717) is 0 Å². The van der Waals surface area contributed by atoms with Crippen LogP contribution < -0.4 is 0 Å². The Labute approximate surface area is 84.2 Å². The Balaban J connectivity index is 2.15. The molecule has 0 spiro atoms. The molecule has 0 amide bonds. The molecule has 72 valence electrons. The van der Waals surface area contributed by atoms with E-state index in [9.17, 15) is 0 Å². The monoisotopic (exact) mass is 195 g/mol. The highest BCUT2D eigenvalue weighted by atomic mass is 32.1. The van der Waals surface area contributed by atoms with Crippen molar-refractivity contribution in [3.63, 3.8) is 0 Å². The largest absolute Gasteiger partial charge is 0.246 e. The first kappa shape index (κ1) is 9.20. The van der Waals surface area contributed by atoms with E-state index in [1.807, 2.05) is 11.3 Å². The van der Waals surface area contributed by atoms with Crippen LogP contribution in [0.5, 0.6) is 0 Å². The van der Waals surface area contributed by atoms with Gasteiger partial charge in [0.1, 0.15) is 0 Å². The summed E-state index contributed by atoms with van der Waals surface area (Å²) in [5.74, 6) is 0.743. The van der Waals surface area contributed by atoms with Crippen molar-refractivity contribution in [2.45, 2.75) is 46.0 Å². The summed E-state index contributed by atoms with van der Waals surface area (Å²) in [5, 5.41) is 1.36. The fourth-order valence-electron chi connectivity index (χ4n) is 1.84. The zero-order valence-electron chi connectivity index (χ0n) is 8.47. The van der Waals surface area contributed by atoms with Gasteiger partial charge in [-0.05, 0) is 31.6 Å². The van der Waals surface area contributed by atoms with E-state index < -0.39 is 0 Å². The molecule has 0 aliphatic heterocycles. The molecule has 2 heteroatoms. The first-order chi connectivity index (χ1) is 6.25. The molecule has 1 aliphatic carbocycles. The average molecular weight is 195 g/mol. The van der Waals surface area contributed by atoms with Gasteiger partial charge in [0.2, 0.25) is 0 Å². The van der Waals surface area contributed by atoms with Crippen molar-refractivity contribution < 1.29 is 0 Å². The second-order valence-electron chi connectivity index (χ2n) is 4.28. The summed E-state index contributed by atoms with van der Waals surface area (Å²) >= 11 is 1.95. The SMILES string of the molecule is CC(C)Cc1nc2c(s1)CCCC2. The fraction of sp³-hybridized carbons (Fsp3) is 0.727. The van der Waals surface area contributed by atoms with E-state index in [0.717, 1.165) is 12.3 Å². The second kappa shape index (κ2) is 3.79. The maximum Gasteiger partial charge on any atom is 0.0933 e. The molecular weight excluding hydrogens is 178 g/mol. The van der Waals surface area contributed by atoms with Gasteiger partial charge < -0.3 is 0 Å². The smallest absolute Gasteiger partial charge is 0.0933 e. The molecule has 0 atom stereocenters. The molecule has 1 nitrogen and oxygen atoms in total. The van der Waals surface area contributed by atoms with Crippen LogP contribution in [-0.2, 0) is 19.3 Å². The van der Waals surface area contributed by atoms with Crippen molar-refractivity contribution in [3.8, 4) is 0 Å². The lowest BCUT2D eigenvalue weighted by molar-refractivity contribution is 0.637. The van der Waals surface area contributed by atoms with Crippen LogP contribution in [0, 0.1) is 5.92 Å². The molecule has 0 bridgehead atoms. The summed E-state index contributed by atoms with van der Waals surface area (Å²) in [7, 11) is 0. The number of fused-ring (bicyclic) bond motifs is 1. The third kappa shape index (κ3) is 2.11. The van der Waals surface area contributed by atoms with E-state index in [1.54, 1.807) is 4.88 Å². The zero-order chi connectivity index (χ0) is 9.26. The van der Waals surface area contributed by atoms with E-state index in [4.69, 9.17) is 4.98 Å². The van der Waals surface area contributed by atoms with E-state index in [2.05, 4.69) is 13.8 Å². The maximum absolute atomic E-state index is 4.71. The number of rotatable bonds is 2. The van der Waals surface area contributed by atoms with Crippen molar-refractivity contribution in [2.75, 3.05) is 0 Å². The molecule has 0 N–H and O–H groups in total. The third-order valence-electron chi connectivity index (χ3n) is 2.47. The predicted octanol–water partition coefficient (Wildman–Crippen LogP) is 3.22. The molecule has 1 aliphatic rings. The van der Waals surface area contributed by atoms with Gasteiger partial charge in [-0.3, -0.25) is 0 Å². The molecule has 0 aromatic carbocycles. The summed E-state index contributed by atoms with van der Waals surface area (Å²) in [6.07, 6.45) is 6.39. The Morgan fingerprint density at radius 1 is 1.31 bits per heavy atom. The summed E-state index contributed by atoms with van der Waals surface area (Å²) in [4.78, 5) is 6.28. The number of nitrogens with zero attached hydrogens (tertiary/aromatic N) is 1. The topological polar surface area (TPSA) is 12.9 Å². The van der Waals surface area contributed by atoms with Gasteiger partial charge in [0.05, 0.1) is 10.7 Å². The molecule has 2 rings (SSSR count). The van der Waals surface area contributed by atoms with Crippen molar-refractivity contribution in [1.82, 2.24) is 4.98 Å². The maximum atomic E-state index is 4.71. The molecule has 1 aromatic rings. The average Bonchev–Trinajstić information content (AvgIpc) is 2.44. The zero-order valence-corrected chi connectivity index (χ0v) is 9.28. The lowest BCUT2D eigenvalue weighted by atomic mass is 10.0. The first-order valence-corrected chi connectivity index (χ1v) is 6.05. The van der Waals surface area contributed by atoms with Crippen molar-refractivity contribution >= 4 is 11.3 Å². The number of hydrogen-bond acceptors (Lipinski definition) is 2. The minimum Gasteiger partial charge on any atom is -0.246 e. The van der Waals surface area contributed by atoms with Crippen LogP contribution in [0.2, 0.25) is 0 Å². The quantitative estimate of drug-likeness (QED) is 0.706. The molecule has 0 unspecified atom stereocenters. The standard InChI is InChI=1S/C11H17NS/c1-8(2)7-11-12-9-5-3-4-6-10(9)13-11/h8H,3-7H2,1-2H3. The Hall–Kier alpha value is -0.370. The normalized spacial score (nSPS) is 16.2. The molecule has 13 heavy (non-hydrogen) atoms. The Morgan fingerprint density at radius 3 is 2.77 bits per heavy atom. The van der Waals surface area contributed by atoms with E-state index in [-0.39, 0.29) is 0 Å². The van der Waals surface area contributed by atoms with Crippen LogP contribution in [0.3, 0.4) is 0 Å². The van der Waals surface area contributed by atoms with Crippen LogP contribution >= 0.6 is 11.3 Å². The van der Waals surface area contributed by atoms with Crippen molar-refractivity contribution in [2.24, 2.45) is 5.92 Å². The molecule has 0 fully saturated rings. The molecular formula is C11H17NS. The molecule has 0 saturated carbocycles. The summed E-state index contributed by atoms with van der Waals surface area (Å²) in [5.41, 5.74) is 1.41. The van der Waals surface area contributed by atoms with Gasteiger partial charge in [0.15, 0.2) is 0 Å². The summed E-state index contributed by atoms with van der Waals surface area (Å²) in [6.45, 7) is 4.53. The number of aryl methyl sites for hydroxylation is 2. The van der Waals surface area contributed by atoms with Crippen LogP contribution in [-0.4, -0.2) is 4.98 Å². The lowest BCUT2D eigenvalue weighted by Crippen LogP contribution is -1.99. The Morgan fingerprint density at radius 2 is 2.08 bits per heavy atom. The van der Waals surface area contributed by atoms with Gasteiger partial charge >= 0.3 is 0 Å². The van der Waals surface area contributed by atoms with Gasteiger partial charge in [-0.15, -0.1) is 11.3 Å². The minimum absolute atomic E-state index is 0.743. The van der Waals surface area contributed by atoms with Crippen LogP contribution in [0.25, 0.3) is 0 Å². The summed E-state index contributed by atoms with van der Waals surface area (Å²) < 4.78 is 0. The number of thiazole rings is 1. The molecule has 0 radical (unpaired) electrons. The van der Waals surface area contributed by atoms with Crippen LogP contribution in [0.4, 0.5) is 0 Å². The second-order valence-corrected chi connectivity index (χ2v) is 5.45. The predicted molar refractivity (Wildman–Crippen MR) is 57.3 cm³/mol. The van der Waals surface area contributed by atoms with Gasteiger partial charge in [-0.25, -0.2) is 4.98 Å². The Bertz CT molecular complexity index is 265. The molecule has 1 aromatic heterocycles. The van der Waals surface area contributed by atoms with Crippen LogP contribution in [0.1, 0.15) is 42.3 Å². The van der Waals surface area contributed by atoms with Gasteiger partial charge in [0.25, 0.3) is 0 Å².